The summed E-state index contributed by atoms with van der Waals surface area (Å²) in [5, 5.41) is 0.576. The molecule has 0 bridgehead atoms. The third-order valence-corrected chi connectivity index (χ3v) is 5.44. The zero-order valence-electron chi connectivity index (χ0n) is 12.4. The topological polar surface area (TPSA) is 32.8 Å². The van der Waals surface area contributed by atoms with Gasteiger partial charge in [-0.1, -0.05) is 37.3 Å². The van der Waals surface area contributed by atoms with Crippen LogP contribution < -0.4 is 0 Å². The smallest absolute Gasteiger partial charge is 0.409 e. The van der Waals surface area contributed by atoms with Crippen LogP contribution in [0.25, 0.3) is 0 Å². The van der Waals surface area contributed by atoms with E-state index in [1.165, 1.54) is 5.56 Å². The molecule has 4 nitrogen and oxygen atoms in total. The Bertz CT molecular complexity index is 482. The Labute approximate surface area is 130 Å². The minimum Gasteiger partial charge on any atom is -0.448 e. The highest BCUT2D eigenvalue weighted by Gasteiger charge is 2.31. The number of hydrogen-bond acceptors (Lipinski definition) is 4. The van der Waals surface area contributed by atoms with Gasteiger partial charge in [-0.05, 0) is 5.56 Å². The number of hydrogen-bond donors (Lipinski definition) is 0. The molecule has 0 aliphatic carbocycles. The summed E-state index contributed by atoms with van der Waals surface area (Å²) in [5.74, 6) is 1.16. The van der Waals surface area contributed by atoms with Crippen molar-refractivity contribution < 1.29 is 9.53 Å². The molecule has 2 saturated heterocycles. The molecule has 0 aromatic heterocycles. The van der Waals surface area contributed by atoms with E-state index in [4.69, 9.17) is 4.74 Å². The molecule has 3 rings (SSSR count). The lowest BCUT2D eigenvalue weighted by molar-refractivity contribution is 0.145. The van der Waals surface area contributed by atoms with Crippen LogP contribution in [0.3, 0.4) is 0 Å². The largest absolute Gasteiger partial charge is 0.448 e. The SMILES string of the molecule is C[C@@H]1SCCN(CCN2CCOC2=O)[C@H]1c1ccccc1. The van der Waals surface area contributed by atoms with Gasteiger partial charge in [0.2, 0.25) is 0 Å². The summed E-state index contributed by atoms with van der Waals surface area (Å²) in [6, 6.07) is 11.1. The van der Waals surface area contributed by atoms with E-state index in [2.05, 4.69) is 42.2 Å². The molecule has 21 heavy (non-hydrogen) atoms. The molecule has 2 atom stereocenters. The number of amides is 1. The average Bonchev–Trinajstić information content (AvgIpc) is 2.91. The first kappa shape index (κ1) is 14.7. The zero-order chi connectivity index (χ0) is 14.7. The predicted molar refractivity (Wildman–Crippen MR) is 85.6 cm³/mol. The summed E-state index contributed by atoms with van der Waals surface area (Å²) < 4.78 is 5.00. The number of benzene rings is 1. The summed E-state index contributed by atoms with van der Waals surface area (Å²) in [6.07, 6.45) is -0.161. The highest BCUT2D eigenvalue weighted by molar-refractivity contribution is 8.00. The second kappa shape index (κ2) is 6.71. The van der Waals surface area contributed by atoms with E-state index in [1.54, 1.807) is 0 Å². The normalized spacial score (nSPS) is 26.9. The average molecular weight is 306 g/mol. The molecule has 2 heterocycles. The Hall–Kier alpha value is -1.20. The van der Waals surface area contributed by atoms with Crippen molar-refractivity contribution in [3.8, 4) is 0 Å². The van der Waals surface area contributed by atoms with Crippen LogP contribution in [-0.4, -0.2) is 59.7 Å². The van der Waals surface area contributed by atoms with E-state index >= 15 is 0 Å². The standard InChI is InChI=1S/C16H22N2O2S/c1-13-15(14-5-3-2-4-6-14)17(10-12-21-13)7-8-18-9-11-20-16(18)19/h2-6,13,15H,7-12H2,1H3/t13-,15+/m0/s1. The van der Waals surface area contributed by atoms with Crippen molar-refractivity contribution in [2.45, 2.75) is 18.2 Å². The maximum Gasteiger partial charge on any atom is 0.409 e. The monoisotopic (exact) mass is 306 g/mol. The molecule has 1 aromatic rings. The Morgan fingerprint density at radius 2 is 2.05 bits per heavy atom. The van der Waals surface area contributed by atoms with Gasteiger partial charge in [-0.3, -0.25) is 4.90 Å². The third kappa shape index (κ3) is 3.35. The summed E-state index contributed by atoms with van der Waals surface area (Å²) in [5.41, 5.74) is 1.38. The number of cyclic esters (lactones) is 1. The van der Waals surface area contributed by atoms with Gasteiger partial charge in [0, 0.05) is 36.7 Å². The van der Waals surface area contributed by atoms with Gasteiger partial charge >= 0.3 is 6.09 Å². The zero-order valence-corrected chi connectivity index (χ0v) is 13.2. The number of nitrogens with zero attached hydrogens (tertiary/aromatic N) is 2. The number of carbonyl (C=O) groups excluding carboxylic acids is 1. The highest BCUT2D eigenvalue weighted by atomic mass is 32.2. The molecule has 0 unspecified atom stereocenters. The van der Waals surface area contributed by atoms with Crippen molar-refractivity contribution in [3.05, 3.63) is 35.9 Å². The van der Waals surface area contributed by atoms with Gasteiger partial charge in [0.1, 0.15) is 6.61 Å². The van der Waals surface area contributed by atoms with Crippen LogP contribution in [0.1, 0.15) is 18.5 Å². The first-order valence-electron chi connectivity index (χ1n) is 7.58. The second-order valence-electron chi connectivity index (χ2n) is 5.57. The summed E-state index contributed by atoms with van der Waals surface area (Å²) in [7, 11) is 0. The maximum absolute atomic E-state index is 11.5. The van der Waals surface area contributed by atoms with E-state index in [1.807, 2.05) is 16.7 Å². The minimum absolute atomic E-state index is 0.161. The van der Waals surface area contributed by atoms with Crippen molar-refractivity contribution >= 4 is 17.9 Å². The number of thioether (sulfide) groups is 1. The van der Waals surface area contributed by atoms with Gasteiger partial charge in [0.05, 0.1) is 6.54 Å². The Morgan fingerprint density at radius 1 is 1.24 bits per heavy atom. The second-order valence-corrected chi connectivity index (χ2v) is 7.05. The third-order valence-electron chi connectivity index (χ3n) is 4.24. The fourth-order valence-corrected chi connectivity index (χ4v) is 4.37. The molecule has 2 fully saturated rings. The number of carbonyl (C=O) groups is 1. The predicted octanol–water partition coefficient (Wildman–Crippen LogP) is 2.62. The van der Waals surface area contributed by atoms with E-state index in [9.17, 15) is 4.79 Å². The van der Waals surface area contributed by atoms with E-state index in [0.717, 1.165) is 31.9 Å². The summed E-state index contributed by atoms with van der Waals surface area (Å²) in [6.45, 7) is 6.33. The maximum atomic E-state index is 11.5. The van der Waals surface area contributed by atoms with E-state index < -0.39 is 0 Å². The molecule has 0 spiro atoms. The summed E-state index contributed by atoms with van der Waals surface area (Å²) in [4.78, 5) is 15.9. The van der Waals surface area contributed by atoms with Crippen molar-refractivity contribution in [2.75, 3.05) is 38.5 Å². The van der Waals surface area contributed by atoms with Crippen LogP contribution in [0.2, 0.25) is 0 Å². The fourth-order valence-electron chi connectivity index (χ4n) is 3.14. The van der Waals surface area contributed by atoms with Gasteiger partial charge in [0.15, 0.2) is 0 Å². The Balaban J connectivity index is 1.68. The molecular weight excluding hydrogens is 284 g/mol. The van der Waals surface area contributed by atoms with Crippen molar-refractivity contribution in [2.24, 2.45) is 0 Å². The van der Waals surface area contributed by atoms with Crippen LogP contribution in [0, 0.1) is 0 Å². The van der Waals surface area contributed by atoms with Crippen molar-refractivity contribution in [1.82, 2.24) is 9.80 Å². The molecule has 5 heteroatoms. The van der Waals surface area contributed by atoms with Crippen LogP contribution >= 0.6 is 11.8 Å². The molecule has 2 aliphatic rings. The van der Waals surface area contributed by atoms with Gasteiger partial charge in [-0.25, -0.2) is 4.79 Å². The Morgan fingerprint density at radius 3 is 2.76 bits per heavy atom. The van der Waals surface area contributed by atoms with E-state index in [-0.39, 0.29) is 6.09 Å². The molecule has 1 aromatic carbocycles. The summed E-state index contributed by atoms with van der Waals surface area (Å²) >= 11 is 2.04. The fraction of sp³-hybridized carbons (Fsp3) is 0.562. The van der Waals surface area contributed by atoms with Crippen molar-refractivity contribution in [1.29, 1.82) is 0 Å². The van der Waals surface area contributed by atoms with Crippen LogP contribution in [0.5, 0.6) is 0 Å². The van der Waals surface area contributed by atoms with Gasteiger partial charge in [-0.15, -0.1) is 0 Å². The van der Waals surface area contributed by atoms with Crippen molar-refractivity contribution in [3.63, 3.8) is 0 Å². The molecular formula is C16H22N2O2S. The lowest BCUT2D eigenvalue weighted by Crippen LogP contribution is -2.44. The van der Waals surface area contributed by atoms with Crippen LogP contribution in [0.15, 0.2) is 30.3 Å². The molecule has 0 saturated carbocycles. The molecule has 0 radical (unpaired) electrons. The molecule has 114 valence electrons. The lowest BCUT2D eigenvalue weighted by atomic mass is 10.0. The van der Waals surface area contributed by atoms with E-state index in [0.29, 0.717) is 17.9 Å². The first-order chi connectivity index (χ1) is 10.3. The minimum atomic E-state index is -0.161. The van der Waals surface area contributed by atoms with Gasteiger partial charge in [-0.2, -0.15) is 11.8 Å². The quantitative estimate of drug-likeness (QED) is 0.856. The molecule has 0 N–H and O–H groups in total. The highest BCUT2D eigenvalue weighted by Crippen LogP contribution is 2.35. The van der Waals surface area contributed by atoms with Crippen LogP contribution in [-0.2, 0) is 4.74 Å². The Kier molecular flexibility index (Phi) is 4.70. The lowest BCUT2D eigenvalue weighted by Gasteiger charge is -2.40. The van der Waals surface area contributed by atoms with Crippen LogP contribution in [0.4, 0.5) is 4.79 Å². The number of rotatable bonds is 4. The molecule has 1 amide bonds. The number of ether oxygens (including phenoxy) is 1. The first-order valence-corrected chi connectivity index (χ1v) is 8.63. The molecule has 2 aliphatic heterocycles. The van der Waals surface area contributed by atoms with Gasteiger partial charge in [0.25, 0.3) is 0 Å². The van der Waals surface area contributed by atoms with Gasteiger partial charge < -0.3 is 9.64 Å².